The molecule has 0 saturated carbocycles. The third-order valence-corrected chi connectivity index (χ3v) is 3.36. The normalized spacial score (nSPS) is 23.6. The van der Waals surface area contributed by atoms with E-state index in [1.807, 2.05) is 11.8 Å². The van der Waals surface area contributed by atoms with Gasteiger partial charge in [-0.15, -0.1) is 0 Å². The summed E-state index contributed by atoms with van der Waals surface area (Å²) < 4.78 is 0.235. The fourth-order valence-electron chi connectivity index (χ4n) is 1.50. The minimum absolute atomic E-state index is 0.235. The molecule has 0 radical (unpaired) electrons. The zero-order valence-corrected chi connectivity index (χ0v) is 9.23. The van der Waals surface area contributed by atoms with E-state index in [1.54, 1.807) is 0 Å². The number of hydrogen-bond acceptors (Lipinski definition) is 2. The van der Waals surface area contributed by atoms with E-state index in [9.17, 15) is 4.79 Å². The number of hydrogen-bond donors (Lipinski definition) is 1. The van der Waals surface area contributed by atoms with Crippen LogP contribution in [0.15, 0.2) is 0 Å². The van der Waals surface area contributed by atoms with E-state index >= 15 is 0 Å². The monoisotopic (exact) mass is 203 g/mol. The van der Waals surface area contributed by atoms with Gasteiger partial charge in [-0.05, 0) is 6.42 Å². The van der Waals surface area contributed by atoms with Crippen molar-refractivity contribution < 1.29 is 9.90 Å². The molecular formula is C9H17NO2S. The Bertz CT molecular complexity index is 200. The van der Waals surface area contributed by atoms with Crippen molar-refractivity contribution in [1.29, 1.82) is 0 Å². The molecule has 76 valence electrons. The molecule has 1 fully saturated rings. The van der Waals surface area contributed by atoms with Crippen molar-refractivity contribution in [3.63, 3.8) is 0 Å². The Balaban J connectivity index is 2.38. The summed E-state index contributed by atoms with van der Waals surface area (Å²) in [6, 6.07) is 0. The number of thioether (sulfide) groups is 1. The Morgan fingerprint density at radius 2 is 2.15 bits per heavy atom. The van der Waals surface area contributed by atoms with Crippen LogP contribution in [0.4, 0.5) is 4.79 Å². The molecule has 3 nitrogen and oxygen atoms in total. The summed E-state index contributed by atoms with van der Waals surface area (Å²) in [5.74, 6) is 0. The number of amides is 1. The van der Waals surface area contributed by atoms with Gasteiger partial charge in [0.15, 0.2) is 0 Å². The number of rotatable bonds is 1. The number of carbonyl (C=O) groups is 1. The number of carboxylic acid groups (broad SMARTS) is 1. The lowest BCUT2D eigenvalue weighted by Crippen LogP contribution is -2.28. The van der Waals surface area contributed by atoms with Crippen molar-refractivity contribution in [2.45, 2.75) is 37.2 Å². The van der Waals surface area contributed by atoms with Gasteiger partial charge in [0.2, 0.25) is 0 Å². The molecule has 0 aliphatic carbocycles. The standard InChI is InChI=1S/C9H17NO2S/c1-9(2,3)13-7-4-5-10(6-7)8(11)12/h7H,4-6H2,1-3H3,(H,11,12)/t7-/m1/s1. The van der Waals surface area contributed by atoms with E-state index in [0.29, 0.717) is 18.3 Å². The van der Waals surface area contributed by atoms with E-state index in [4.69, 9.17) is 5.11 Å². The molecule has 0 aromatic carbocycles. The summed E-state index contributed by atoms with van der Waals surface area (Å²) >= 11 is 1.88. The highest BCUT2D eigenvalue weighted by Crippen LogP contribution is 2.33. The summed E-state index contributed by atoms with van der Waals surface area (Å²) in [5, 5.41) is 9.23. The van der Waals surface area contributed by atoms with Gasteiger partial charge in [0.25, 0.3) is 0 Å². The van der Waals surface area contributed by atoms with Gasteiger partial charge in [-0.25, -0.2) is 4.79 Å². The molecule has 4 heteroatoms. The maximum absolute atomic E-state index is 10.6. The first kappa shape index (κ1) is 10.7. The summed E-state index contributed by atoms with van der Waals surface area (Å²) in [7, 11) is 0. The average Bonchev–Trinajstić information content (AvgIpc) is 2.31. The maximum atomic E-state index is 10.6. The Hall–Kier alpha value is -0.380. The van der Waals surface area contributed by atoms with Gasteiger partial charge in [0, 0.05) is 23.1 Å². The molecule has 0 unspecified atom stereocenters. The zero-order chi connectivity index (χ0) is 10.1. The second kappa shape index (κ2) is 3.78. The molecule has 1 aliphatic rings. The molecule has 1 N–H and O–H groups in total. The molecule has 0 spiro atoms. The minimum Gasteiger partial charge on any atom is -0.465 e. The highest BCUT2D eigenvalue weighted by atomic mass is 32.2. The third kappa shape index (κ3) is 3.46. The first-order chi connectivity index (χ1) is 5.88. The number of nitrogens with zero attached hydrogens (tertiary/aromatic N) is 1. The largest absolute Gasteiger partial charge is 0.465 e. The van der Waals surface area contributed by atoms with Crippen LogP contribution in [0.3, 0.4) is 0 Å². The molecule has 0 aromatic rings. The van der Waals surface area contributed by atoms with Crippen LogP contribution < -0.4 is 0 Å². The Morgan fingerprint density at radius 1 is 1.54 bits per heavy atom. The summed E-state index contributed by atoms with van der Waals surface area (Å²) in [4.78, 5) is 12.1. The lowest BCUT2D eigenvalue weighted by molar-refractivity contribution is 0.156. The van der Waals surface area contributed by atoms with Crippen LogP contribution in [0.2, 0.25) is 0 Å². The van der Waals surface area contributed by atoms with Gasteiger partial charge in [-0.1, -0.05) is 20.8 Å². The molecule has 1 amide bonds. The van der Waals surface area contributed by atoms with Crippen molar-refractivity contribution in [2.75, 3.05) is 13.1 Å². The topological polar surface area (TPSA) is 40.5 Å². The molecular weight excluding hydrogens is 186 g/mol. The smallest absolute Gasteiger partial charge is 0.407 e. The Kier molecular flexibility index (Phi) is 3.11. The average molecular weight is 203 g/mol. The fraction of sp³-hybridized carbons (Fsp3) is 0.889. The van der Waals surface area contributed by atoms with Crippen LogP contribution in [0.25, 0.3) is 0 Å². The van der Waals surface area contributed by atoms with E-state index in [2.05, 4.69) is 20.8 Å². The lowest BCUT2D eigenvalue weighted by atomic mass is 10.3. The van der Waals surface area contributed by atoms with Gasteiger partial charge in [0.1, 0.15) is 0 Å². The number of likely N-dealkylation sites (tertiary alicyclic amines) is 1. The first-order valence-electron chi connectivity index (χ1n) is 4.54. The SMILES string of the molecule is CC(C)(C)S[C@@H]1CCN(C(=O)O)C1. The van der Waals surface area contributed by atoms with Crippen molar-refractivity contribution in [2.24, 2.45) is 0 Å². The Morgan fingerprint density at radius 3 is 2.54 bits per heavy atom. The third-order valence-electron chi connectivity index (χ3n) is 1.94. The van der Waals surface area contributed by atoms with Crippen LogP contribution in [-0.2, 0) is 0 Å². The highest BCUT2D eigenvalue weighted by molar-refractivity contribution is 8.01. The first-order valence-corrected chi connectivity index (χ1v) is 5.42. The second-order valence-corrected chi connectivity index (χ2v) is 6.50. The van der Waals surface area contributed by atoms with E-state index in [-0.39, 0.29) is 4.75 Å². The summed E-state index contributed by atoms with van der Waals surface area (Å²) in [6.07, 6.45) is 0.214. The van der Waals surface area contributed by atoms with Gasteiger partial charge in [0.05, 0.1) is 0 Å². The molecule has 1 rings (SSSR count). The van der Waals surface area contributed by atoms with Crippen molar-refractivity contribution in [3.05, 3.63) is 0 Å². The van der Waals surface area contributed by atoms with Crippen LogP contribution >= 0.6 is 11.8 Å². The Labute approximate surface area is 83.5 Å². The van der Waals surface area contributed by atoms with E-state index < -0.39 is 6.09 Å². The van der Waals surface area contributed by atoms with E-state index in [1.165, 1.54) is 4.90 Å². The predicted octanol–water partition coefficient (Wildman–Crippen LogP) is 2.27. The molecule has 1 aliphatic heterocycles. The highest BCUT2D eigenvalue weighted by Gasteiger charge is 2.29. The predicted molar refractivity (Wildman–Crippen MR) is 55.3 cm³/mol. The van der Waals surface area contributed by atoms with Crippen LogP contribution in [-0.4, -0.2) is 39.2 Å². The molecule has 1 heterocycles. The van der Waals surface area contributed by atoms with Crippen LogP contribution in [0.5, 0.6) is 0 Å². The lowest BCUT2D eigenvalue weighted by Gasteiger charge is -2.22. The quantitative estimate of drug-likeness (QED) is 0.710. The van der Waals surface area contributed by atoms with Gasteiger partial charge < -0.3 is 10.0 Å². The van der Waals surface area contributed by atoms with Crippen molar-refractivity contribution in [1.82, 2.24) is 4.90 Å². The molecule has 1 saturated heterocycles. The molecule has 1 atom stereocenters. The molecule has 13 heavy (non-hydrogen) atoms. The van der Waals surface area contributed by atoms with Crippen molar-refractivity contribution >= 4 is 17.9 Å². The fourth-order valence-corrected chi connectivity index (χ4v) is 2.98. The van der Waals surface area contributed by atoms with Gasteiger partial charge in [-0.2, -0.15) is 11.8 Å². The van der Waals surface area contributed by atoms with E-state index in [0.717, 1.165) is 6.42 Å². The zero-order valence-electron chi connectivity index (χ0n) is 8.41. The maximum Gasteiger partial charge on any atom is 0.407 e. The van der Waals surface area contributed by atoms with Gasteiger partial charge in [-0.3, -0.25) is 0 Å². The summed E-state index contributed by atoms with van der Waals surface area (Å²) in [5.41, 5.74) is 0. The minimum atomic E-state index is -0.781. The molecule has 0 bridgehead atoms. The molecule has 0 aromatic heterocycles. The van der Waals surface area contributed by atoms with Crippen molar-refractivity contribution in [3.8, 4) is 0 Å². The van der Waals surface area contributed by atoms with Crippen LogP contribution in [0, 0.1) is 0 Å². The second-order valence-electron chi connectivity index (χ2n) is 4.37. The van der Waals surface area contributed by atoms with Crippen LogP contribution in [0.1, 0.15) is 27.2 Å². The summed E-state index contributed by atoms with van der Waals surface area (Å²) in [6.45, 7) is 7.89. The van der Waals surface area contributed by atoms with Gasteiger partial charge >= 0.3 is 6.09 Å².